The van der Waals surface area contributed by atoms with Gasteiger partial charge in [-0.05, 0) is 73.9 Å². The maximum atomic E-state index is 13.3. The van der Waals surface area contributed by atoms with E-state index in [1.165, 1.54) is 18.2 Å². The lowest BCUT2D eigenvalue weighted by Gasteiger charge is -2.19. The number of hydrogen-bond acceptors (Lipinski definition) is 6. The Balaban J connectivity index is 1.45. The van der Waals surface area contributed by atoms with Crippen molar-refractivity contribution in [2.24, 2.45) is 0 Å². The molecule has 2 unspecified atom stereocenters. The first-order chi connectivity index (χ1) is 19.7. The number of ether oxygens (including phenoxy) is 1. The Hall–Kier alpha value is -4.38. The maximum Gasteiger partial charge on any atom is 0.307 e. The van der Waals surface area contributed by atoms with E-state index in [0.717, 1.165) is 11.3 Å². The number of furan rings is 1. The Morgan fingerprint density at radius 2 is 1.76 bits per heavy atom. The molecule has 41 heavy (non-hydrogen) atoms. The molecule has 0 fully saturated rings. The summed E-state index contributed by atoms with van der Waals surface area (Å²) >= 11 is 6.42. The van der Waals surface area contributed by atoms with Crippen molar-refractivity contribution in [3.8, 4) is 17.4 Å². The largest absolute Gasteiger partial charge is 0.469 e. The first kappa shape index (κ1) is 29.6. The SMILES string of the molecule is COC(=O)CC(Cc1ccc(C#N)cc1)NC(=O)c1cc(-c2ccc(CNC(C)c3ccc(C)cc3)o2)ccc1Cl. The molecule has 7 nitrogen and oxygen atoms in total. The van der Waals surface area contributed by atoms with Crippen LogP contribution in [0.15, 0.2) is 83.3 Å². The van der Waals surface area contributed by atoms with E-state index in [2.05, 4.69) is 54.8 Å². The van der Waals surface area contributed by atoms with Gasteiger partial charge in [-0.2, -0.15) is 5.26 Å². The number of carbonyl (C=O) groups is 2. The van der Waals surface area contributed by atoms with Crippen LogP contribution in [0, 0.1) is 18.3 Å². The van der Waals surface area contributed by atoms with Gasteiger partial charge < -0.3 is 19.8 Å². The number of esters is 1. The predicted molar refractivity (Wildman–Crippen MR) is 158 cm³/mol. The van der Waals surface area contributed by atoms with E-state index in [4.69, 9.17) is 26.0 Å². The number of amides is 1. The summed E-state index contributed by atoms with van der Waals surface area (Å²) in [5.74, 6) is 0.511. The zero-order valence-electron chi connectivity index (χ0n) is 23.2. The van der Waals surface area contributed by atoms with Crippen LogP contribution in [0.5, 0.6) is 0 Å². The first-order valence-electron chi connectivity index (χ1n) is 13.3. The van der Waals surface area contributed by atoms with Crippen LogP contribution in [0.2, 0.25) is 5.02 Å². The molecule has 0 bridgehead atoms. The van der Waals surface area contributed by atoms with Gasteiger partial charge in [-0.15, -0.1) is 0 Å². The smallest absolute Gasteiger partial charge is 0.307 e. The molecule has 0 saturated carbocycles. The molecule has 8 heteroatoms. The van der Waals surface area contributed by atoms with Gasteiger partial charge in [-0.3, -0.25) is 9.59 Å². The lowest BCUT2D eigenvalue weighted by atomic mass is 10.0. The molecule has 4 rings (SSSR count). The molecule has 1 heterocycles. The van der Waals surface area contributed by atoms with Crippen molar-refractivity contribution in [3.05, 3.63) is 117 Å². The van der Waals surface area contributed by atoms with E-state index in [1.54, 1.807) is 42.5 Å². The molecule has 2 atom stereocenters. The second-order valence-corrected chi connectivity index (χ2v) is 10.3. The highest BCUT2D eigenvalue weighted by Gasteiger charge is 2.21. The van der Waals surface area contributed by atoms with Crippen LogP contribution in [0.4, 0.5) is 0 Å². The van der Waals surface area contributed by atoms with Gasteiger partial charge in [0.2, 0.25) is 0 Å². The molecule has 0 aliphatic heterocycles. The van der Waals surface area contributed by atoms with Crippen LogP contribution >= 0.6 is 11.6 Å². The lowest BCUT2D eigenvalue weighted by Crippen LogP contribution is -2.38. The van der Waals surface area contributed by atoms with E-state index in [1.807, 2.05) is 12.1 Å². The fraction of sp³-hybridized carbons (Fsp3) is 0.242. The van der Waals surface area contributed by atoms with E-state index < -0.39 is 17.9 Å². The van der Waals surface area contributed by atoms with Crippen LogP contribution < -0.4 is 10.6 Å². The van der Waals surface area contributed by atoms with Crippen LogP contribution in [0.1, 0.15) is 57.8 Å². The first-order valence-corrected chi connectivity index (χ1v) is 13.7. The Kier molecular flexibility index (Phi) is 9.96. The molecule has 0 aliphatic carbocycles. The second kappa shape index (κ2) is 13.8. The van der Waals surface area contributed by atoms with Crippen molar-refractivity contribution >= 4 is 23.5 Å². The van der Waals surface area contributed by atoms with Crippen LogP contribution in [0.3, 0.4) is 0 Å². The van der Waals surface area contributed by atoms with E-state index in [-0.39, 0.29) is 23.0 Å². The van der Waals surface area contributed by atoms with Crippen molar-refractivity contribution in [2.75, 3.05) is 7.11 Å². The van der Waals surface area contributed by atoms with Gasteiger partial charge in [0, 0.05) is 17.6 Å². The van der Waals surface area contributed by atoms with E-state index in [9.17, 15) is 9.59 Å². The Labute approximate surface area is 245 Å². The number of halogens is 1. The van der Waals surface area contributed by atoms with Crippen LogP contribution in [-0.4, -0.2) is 25.0 Å². The summed E-state index contributed by atoms with van der Waals surface area (Å²) in [7, 11) is 1.31. The molecule has 2 N–H and O–H groups in total. The molecular formula is C33H32ClN3O4. The highest BCUT2D eigenvalue weighted by atomic mass is 35.5. The summed E-state index contributed by atoms with van der Waals surface area (Å²) in [6.07, 6.45) is 0.356. The Bertz CT molecular complexity index is 1540. The van der Waals surface area contributed by atoms with Crippen LogP contribution in [0.25, 0.3) is 11.3 Å². The standard InChI is InChI=1S/C33H32ClN3O4/c1-21-4-10-25(11-5-21)22(2)36-20-28-13-15-31(41-28)26-12-14-30(34)29(17-26)33(39)37-27(18-32(38)40-3)16-23-6-8-24(19-35)9-7-23/h4-15,17,22,27,36H,16,18,20H2,1-3H3,(H,37,39). The molecule has 210 valence electrons. The normalized spacial score (nSPS) is 12.3. The number of benzene rings is 3. The van der Waals surface area contributed by atoms with Gasteiger partial charge in [0.05, 0.1) is 42.3 Å². The van der Waals surface area contributed by atoms with Gasteiger partial charge in [-0.1, -0.05) is 53.6 Å². The van der Waals surface area contributed by atoms with Crippen molar-refractivity contribution in [1.29, 1.82) is 5.26 Å². The van der Waals surface area contributed by atoms with Crippen molar-refractivity contribution in [2.45, 2.75) is 45.3 Å². The number of methoxy groups -OCH3 is 1. The topological polar surface area (TPSA) is 104 Å². The fourth-order valence-electron chi connectivity index (χ4n) is 4.43. The average Bonchev–Trinajstić information content (AvgIpc) is 3.46. The molecule has 1 aromatic heterocycles. The molecule has 0 aliphatic rings. The minimum Gasteiger partial charge on any atom is -0.469 e. The summed E-state index contributed by atoms with van der Waals surface area (Å²) in [6.45, 7) is 4.71. The van der Waals surface area contributed by atoms with Gasteiger partial charge in [-0.25, -0.2) is 0 Å². The number of carbonyl (C=O) groups excluding carboxylic acids is 2. The number of hydrogen-bond donors (Lipinski definition) is 2. The van der Waals surface area contributed by atoms with E-state index in [0.29, 0.717) is 29.9 Å². The summed E-state index contributed by atoms with van der Waals surface area (Å²) in [5, 5.41) is 15.7. The summed E-state index contributed by atoms with van der Waals surface area (Å²) < 4.78 is 10.9. The molecule has 4 aromatic rings. The van der Waals surface area contributed by atoms with E-state index >= 15 is 0 Å². The number of nitriles is 1. The van der Waals surface area contributed by atoms with Gasteiger partial charge >= 0.3 is 5.97 Å². The predicted octanol–water partition coefficient (Wildman–Crippen LogP) is 6.54. The molecule has 0 saturated heterocycles. The number of nitrogens with one attached hydrogen (secondary N) is 2. The minimum absolute atomic E-state index is 0.0187. The third-order valence-electron chi connectivity index (χ3n) is 6.86. The van der Waals surface area contributed by atoms with Crippen molar-refractivity contribution in [1.82, 2.24) is 10.6 Å². The Morgan fingerprint density at radius 1 is 1.02 bits per heavy atom. The number of rotatable bonds is 11. The summed E-state index contributed by atoms with van der Waals surface area (Å²) in [4.78, 5) is 25.4. The Morgan fingerprint density at radius 3 is 2.44 bits per heavy atom. The second-order valence-electron chi connectivity index (χ2n) is 9.94. The maximum absolute atomic E-state index is 13.3. The minimum atomic E-state index is -0.542. The lowest BCUT2D eigenvalue weighted by molar-refractivity contribution is -0.141. The van der Waals surface area contributed by atoms with Crippen LogP contribution in [-0.2, 0) is 22.5 Å². The highest BCUT2D eigenvalue weighted by molar-refractivity contribution is 6.34. The third-order valence-corrected chi connectivity index (χ3v) is 7.19. The number of aryl methyl sites for hydroxylation is 1. The molecule has 1 amide bonds. The average molecular weight is 570 g/mol. The van der Waals surface area contributed by atoms with Gasteiger partial charge in [0.1, 0.15) is 11.5 Å². The third kappa shape index (κ3) is 8.07. The van der Waals surface area contributed by atoms with Crippen molar-refractivity contribution in [3.63, 3.8) is 0 Å². The molecule has 3 aromatic carbocycles. The molecule has 0 radical (unpaired) electrons. The van der Waals surface area contributed by atoms with Crippen molar-refractivity contribution < 1.29 is 18.7 Å². The fourth-order valence-corrected chi connectivity index (χ4v) is 4.63. The molecule has 0 spiro atoms. The summed E-state index contributed by atoms with van der Waals surface area (Å²) in [5.41, 5.74) is 4.78. The zero-order valence-corrected chi connectivity index (χ0v) is 24.0. The molecular weight excluding hydrogens is 538 g/mol. The highest BCUT2D eigenvalue weighted by Crippen LogP contribution is 2.28. The monoisotopic (exact) mass is 569 g/mol. The van der Waals surface area contributed by atoms with Gasteiger partial charge in [0.25, 0.3) is 5.91 Å². The zero-order chi connectivity index (χ0) is 29.4. The summed E-state index contributed by atoms with van der Waals surface area (Å²) in [6, 6.07) is 26.0. The quantitative estimate of drug-likeness (QED) is 0.199. The number of nitrogens with zero attached hydrogens (tertiary/aromatic N) is 1. The van der Waals surface area contributed by atoms with Gasteiger partial charge in [0.15, 0.2) is 0 Å².